The molecule has 4 aromatic rings. The van der Waals surface area contributed by atoms with E-state index < -0.39 is 5.56 Å². The molecular weight excluding hydrogens is 390 g/mol. The van der Waals surface area contributed by atoms with E-state index >= 15 is 0 Å². The first-order valence-corrected chi connectivity index (χ1v) is 9.45. The number of nitrogens with one attached hydrogen (secondary N) is 3. The van der Waals surface area contributed by atoms with E-state index in [9.17, 15) is 14.9 Å². The number of H-pyrrole nitrogens is 1. The average Bonchev–Trinajstić information content (AvgIpc) is 2.80. The van der Waals surface area contributed by atoms with Crippen LogP contribution in [-0.2, 0) is 0 Å². The van der Waals surface area contributed by atoms with Gasteiger partial charge in [-0.3, -0.25) is 9.78 Å². The number of amides is 2. The van der Waals surface area contributed by atoms with Gasteiger partial charge in [-0.05, 0) is 42.0 Å². The van der Waals surface area contributed by atoms with Gasteiger partial charge in [0.25, 0.3) is 5.56 Å². The first-order chi connectivity index (χ1) is 15.1. The zero-order chi connectivity index (χ0) is 21.6. The van der Waals surface area contributed by atoms with E-state index in [4.69, 9.17) is 0 Å². The normalized spacial score (nSPS) is 10.2. The molecular formula is C24H17N5O2. The Labute approximate surface area is 178 Å². The van der Waals surface area contributed by atoms with Gasteiger partial charge in [-0.2, -0.15) is 5.26 Å². The molecule has 0 aliphatic carbocycles. The van der Waals surface area contributed by atoms with Crippen LogP contribution >= 0.6 is 0 Å². The lowest BCUT2D eigenvalue weighted by atomic mass is 10.0. The molecule has 0 radical (unpaired) electrons. The van der Waals surface area contributed by atoms with Crippen LogP contribution in [0.3, 0.4) is 0 Å². The number of para-hydroxylation sites is 1. The summed E-state index contributed by atoms with van der Waals surface area (Å²) in [5, 5.41) is 14.9. The Morgan fingerprint density at radius 2 is 1.61 bits per heavy atom. The monoisotopic (exact) mass is 407 g/mol. The summed E-state index contributed by atoms with van der Waals surface area (Å²) in [4.78, 5) is 31.4. The molecule has 2 aromatic carbocycles. The molecule has 31 heavy (non-hydrogen) atoms. The first-order valence-electron chi connectivity index (χ1n) is 9.45. The van der Waals surface area contributed by atoms with Gasteiger partial charge in [0.05, 0.1) is 0 Å². The fourth-order valence-corrected chi connectivity index (χ4v) is 3.12. The molecule has 7 heteroatoms. The van der Waals surface area contributed by atoms with Crippen LogP contribution < -0.4 is 16.2 Å². The highest BCUT2D eigenvalue weighted by Crippen LogP contribution is 2.26. The molecule has 0 spiro atoms. The zero-order valence-corrected chi connectivity index (χ0v) is 16.3. The van der Waals surface area contributed by atoms with Gasteiger partial charge in [-0.1, -0.05) is 36.4 Å². The molecule has 0 aliphatic rings. The summed E-state index contributed by atoms with van der Waals surface area (Å²) in [6.07, 6.45) is 3.24. The molecule has 0 unspecified atom stereocenters. The molecule has 7 nitrogen and oxygen atoms in total. The van der Waals surface area contributed by atoms with Crippen LogP contribution in [0.15, 0.2) is 90.0 Å². The van der Waals surface area contributed by atoms with Crippen LogP contribution in [0.1, 0.15) is 5.56 Å². The summed E-state index contributed by atoms with van der Waals surface area (Å²) < 4.78 is 0. The Morgan fingerprint density at radius 1 is 0.903 bits per heavy atom. The van der Waals surface area contributed by atoms with Gasteiger partial charge in [0.1, 0.15) is 11.6 Å². The SMILES string of the molecule is N#Cc1c(-c2cccnc2)cc(-c2ccc(NC(=O)Nc3ccccc3)cc2)[nH]c1=O. The van der Waals surface area contributed by atoms with Crippen molar-refractivity contribution in [2.45, 2.75) is 0 Å². The van der Waals surface area contributed by atoms with Gasteiger partial charge in [0, 0.05) is 40.6 Å². The number of hydrogen-bond donors (Lipinski definition) is 3. The van der Waals surface area contributed by atoms with Crippen molar-refractivity contribution in [1.82, 2.24) is 9.97 Å². The lowest BCUT2D eigenvalue weighted by Gasteiger charge is -2.10. The number of benzene rings is 2. The van der Waals surface area contributed by atoms with E-state index in [-0.39, 0.29) is 11.6 Å². The molecule has 4 rings (SSSR count). The van der Waals surface area contributed by atoms with E-state index in [1.54, 1.807) is 67.0 Å². The molecule has 3 N–H and O–H groups in total. The summed E-state index contributed by atoms with van der Waals surface area (Å²) in [7, 11) is 0. The quantitative estimate of drug-likeness (QED) is 0.458. The Kier molecular flexibility index (Phi) is 5.54. The van der Waals surface area contributed by atoms with E-state index in [1.165, 1.54) is 0 Å². The minimum absolute atomic E-state index is 0.0348. The zero-order valence-electron chi connectivity index (χ0n) is 16.3. The topological polar surface area (TPSA) is 111 Å². The number of nitrogens with zero attached hydrogens (tertiary/aromatic N) is 2. The van der Waals surface area contributed by atoms with Crippen molar-refractivity contribution in [2.24, 2.45) is 0 Å². The third-order valence-electron chi connectivity index (χ3n) is 4.60. The van der Waals surface area contributed by atoms with Crippen molar-refractivity contribution in [3.05, 3.63) is 101 Å². The largest absolute Gasteiger partial charge is 0.323 e. The predicted octanol–water partition coefficient (Wildman–Crippen LogP) is 4.62. The molecule has 2 aromatic heterocycles. The van der Waals surface area contributed by atoms with E-state index in [0.717, 1.165) is 5.56 Å². The highest BCUT2D eigenvalue weighted by Gasteiger charge is 2.13. The molecule has 0 saturated heterocycles. The number of nitriles is 1. The maximum atomic E-state index is 12.5. The minimum Gasteiger partial charge on any atom is -0.321 e. The van der Waals surface area contributed by atoms with E-state index in [0.29, 0.717) is 28.2 Å². The van der Waals surface area contributed by atoms with Crippen molar-refractivity contribution in [1.29, 1.82) is 5.26 Å². The smallest absolute Gasteiger partial charge is 0.321 e. The number of aromatic nitrogens is 2. The second kappa shape index (κ2) is 8.76. The van der Waals surface area contributed by atoms with Gasteiger partial charge in [-0.25, -0.2) is 4.79 Å². The van der Waals surface area contributed by atoms with Gasteiger partial charge >= 0.3 is 6.03 Å². The number of aromatic amines is 1. The lowest BCUT2D eigenvalue weighted by Crippen LogP contribution is -2.19. The number of anilines is 2. The van der Waals surface area contributed by atoms with Crippen LogP contribution in [0.25, 0.3) is 22.4 Å². The van der Waals surface area contributed by atoms with Gasteiger partial charge in [0.2, 0.25) is 0 Å². The van der Waals surface area contributed by atoms with Crippen molar-refractivity contribution in [3.63, 3.8) is 0 Å². The van der Waals surface area contributed by atoms with Crippen molar-refractivity contribution in [3.8, 4) is 28.5 Å². The minimum atomic E-state index is -0.469. The molecule has 0 atom stereocenters. The summed E-state index contributed by atoms with van der Waals surface area (Å²) in [5.41, 5.74) is 3.34. The maximum absolute atomic E-state index is 12.5. The molecule has 2 amide bonds. The second-order valence-corrected chi connectivity index (χ2v) is 6.68. The molecule has 150 valence electrons. The van der Waals surface area contributed by atoms with Crippen LogP contribution in [0.5, 0.6) is 0 Å². The Bertz CT molecular complexity index is 1310. The Hall–Kier alpha value is -4.70. The Balaban J connectivity index is 1.58. The van der Waals surface area contributed by atoms with E-state index in [1.807, 2.05) is 24.3 Å². The summed E-state index contributed by atoms with van der Waals surface area (Å²) in [5.74, 6) is 0. The van der Waals surface area contributed by atoms with Gasteiger partial charge in [0.15, 0.2) is 0 Å². The molecule has 2 heterocycles. The first kappa shape index (κ1) is 19.6. The number of carbonyl (C=O) groups is 1. The highest BCUT2D eigenvalue weighted by atomic mass is 16.2. The number of carbonyl (C=O) groups excluding carboxylic acids is 1. The predicted molar refractivity (Wildman–Crippen MR) is 120 cm³/mol. The van der Waals surface area contributed by atoms with Crippen LogP contribution in [-0.4, -0.2) is 16.0 Å². The fourth-order valence-electron chi connectivity index (χ4n) is 3.12. The van der Waals surface area contributed by atoms with Crippen molar-refractivity contribution < 1.29 is 4.79 Å². The number of urea groups is 1. The number of rotatable bonds is 4. The standard InChI is InChI=1S/C24H17N5O2/c25-14-21-20(17-5-4-12-26-15-17)13-22(29-23(21)30)16-8-10-19(11-9-16)28-24(31)27-18-6-2-1-3-7-18/h1-13,15H,(H,29,30)(H2,27,28,31). The number of hydrogen-bond acceptors (Lipinski definition) is 4. The fraction of sp³-hybridized carbons (Fsp3) is 0. The maximum Gasteiger partial charge on any atom is 0.323 e. The third-order valence-corrected chi connectivity index (χ3v) is 4.60. The molecule has 0 bridgehead atoms. The average molecular weight is 407 g/mol. The van der Waals surface area contributed by atoms with Crippen molar-refractivity contribution in [2.75, 3.05) is 10.6 Å². The third kappa shape index (κ3) is 4.49. The van der Waals surface area contributed by atoms with Gasteiger partial charge in [-0.15, -0.1) is 0 Å². The summed E-state index contributed by atoms with van der Waals surface area (Å²) in [6, 6.07) is 23.1. The molecule has 0 aliphatic heterocycles. The molecule has 0 saturated carbocycles. The number of pyridine rings is 2. The lowest BCUT2D eigenvalue weighted by molar-refractivity contribution is 0.262. The highest BCUT2D eigenvalue weighted by molar-refractivity contribution is 5.99. The molecule has 0 fully saturated rings. The van der Waals surface area contributed by atoms with Crippen LogP contribution in [0, 0.1) is 11.3 Å². The van der Waals surface area contributed by atoms with E-state index in [2.05, 4.69) is 20.6 Å². The van der Waals surface area contributed by atoms with Gasteiger partial charge < -0.3 is 15.6 Å². The van der Waals surface area contributed by atoms with Crippen molar-refractivity contribution >= 4 is 17.4 Å². The second-order valence-electron chi connectivity index (χ2n) is 6.68. The van der Waals surface area contributed by atoms with Crippen LogP contribution in [0.2, 0.25) is 0 Å². The summed E-state index contributed by atoms with van der Waals surface area (Å²) in [6.45, 7) is 0. The summed E-state index contributed by atoms with van der Waals surface area (Å²) >= 11 is 0. The Morgan fingerprint density at radius 3 is 2.26 bits per heavy atom. The van der Waals surface area contributed by atoms with Crippen LogP contribution in [0.4, 0.5) is 16.2 Å².